The van der Waals surface area contributed by atoms with E-state index < -0.39 is 6.10 Å². The maximum absolute atomic E-state index is 11.7. The molecule has 1 saturated heterocycles. The predicted molar refractivity (Wildman–Crippen MR) is 113 cm³/mol. The molecule has 2 N–H and O–H groups in total. The number of rotatable bonds is 9. The van der Waals surface area contributed by atoms with Crippen LogP contribution in [0.3, 0.4) is 0 Å². The number of carbonyl (C=O) groups excluding carboxylic acids is 1. The van der Waals surface area contributed by atoms with Gasteiger partial charge in [-0.05, 0) is 36.4 Å². The molecule has 29 heavy (non-hydrogen) atoms. The zero-order chi connectivity index (χ0) is 20.6. The van der Waals surface area contributed by atoms with Gasteiger partial charge in [0.05, 0.1) is 39.0 Å². The summed E-state index contributed by atoms with van der Waals surface area (Å²) in [5, 5.41) is 10.4. The number of nitrogens with one attached hydrogen (secondary N) is 1. The highest BCUT2D eigenvalue weighted by molar-refractivity contribution is 5.95. The quantitative estimate of drug-likeness (QED) is 0.625. The van der Waals surface area contributed by atoms with Crippen LogP contribution < -0.4 is 19.3 Å². The van der Waals surface area contributed by atoms with Gasteiger partial charge in [0.2, 0.25) is 0 Å². The molecule has 1 atom stereocenters. The van der Waals surface area contributed by atoms with Crippen molar-refractivity contribution in [2.24, 2.45) is 0 Å². The second-order valence-electron chi connectivity index (χ2n) is 7.38. The number of hydrogen-bond acceptors (Lipinski definition) is 5. The number of ketones is 1. The molecular formula is C23H31N2O4+. The lowest BCUT2D eigenvalue weighted by Gasteiger charge is -2.35. The minimum atomic E-state index is -0.528. The molecule has 6 heteroatoms. The number of aliphatic hydroxyl groups excluding tert-OH is 1. The summed E-state index contributed by atoms with van der Waals surface area (Å²) in [6.07, 6.45) is -0.0359. The third-order valence-electron chi connectivity index (χ3n) is 5.36. The highest BCUT2D eigenvalue weighted by Gasteiger charge is 2.24. The summed E-state index contributed by atoms with van der Waals surface area (Å²) < 4.78 is 11.2. The number of aliphatic hydroxyl groups is 1. The number of methoxy groups -OCH3 is 1. The fourth-order valence-electron chi connectivity index (χ4n) is 3.68. The third kappa shape index (κ3) is 5.71. The number of benzene rings is 2. The summed E-state index contributed by atoms with van der Waals surface area (Å²) in [5.74, 6) is 1.69. The number of nitrogens with zero attached hydrogens (tertiary/aromatic N) is 1. The lowest BCUT2D eigenvalue weighted by molar-refractivity contribution is -0.903. The monoisotopic (exact) mass is 399 g/mol. The van der Waals surface area contributed by atoms with Crippen LogP contribution in [0.5, 0.6) is 11.5 Å². The smallest absolute Gasteiger partial charge is 0.162 e. The number of Topliss-reactive ketones (excluding diaryl/α,β-unsaturated/α-hetero) is 1. The number of anilines is 1. The van der Waals surface area contributed by atoms with Crippen molar-refractivity contribution >= 4 is 11.5 Å². The summed E-state index contributed by atoms with van der Waals surface area (Å²) in [6.45, 7) is 6.53. The van der Waals surface area contributed by atoms with Crippen LogP contribution in [0.25, 0.3) is 0 Å². The Balaban J connectivity index is 1.43. The molecule has 3 rings (SSSR count). The Bertz CT molecular complexity index is 786. The van der Waals surface area contributed by atoms with E-state index in [9.17, 15) is 9.90 Å². The molecule has 0 radical (unpaired) electrons. The molecule has 1 aliphatic rings. The number of para-hydroxylation sites is 2. The zero-order valence-corrected chi connectivity index (χ0v) is 17.3. The second kappa shape index (κ2) is 10.3. The van der Waals surface area contributed by atoms with E-state index in [1.807, 2.05) is 25.1 Å². The predicted octanol–water partition coefficient (Wildman–Crippen LogP) is 1.43. The van der Waals surface area contributed by atoms with Gasteiger partial charge in [0.15, 0.2) is 5.78 Å². The van der Waals surface area contributed by atoms with Crippen LogP contribution in [0.2, 0.25) is 0 Å². The lowest BCUT2D eigenvalue weighted by atomic mass is 10.1. The molecule has 6 nitrogen and oxygen atoms in total. The molecule has 1 aliphatic heterocycles. The summed E-state index contributed by atoms with van der Waals surface area (Å²) in [5.41, 5.74) is 1.82. The fourth-order valence-corrected chi connectivity index (χ4v) is 3.68. The van der Waals surface area contributed by atoms with E-state index in [1.54, 1.807) is 31.4 Å². The van der Waals surface area contributed by atoms with Gasteiger partial charge < -0.3 is 24.4 Å². The van der Waals surface area contributed by atoms with Crippen molar-refractivity contribution in [2.75, 3.05) is 51.3 Å². The van der Waals surface area contributed by atoms with Gasteiger partial charge in [-0.2, -0.15) is 0 Å². The Morgan fingerprint density at radius 2 is 1.83 bits per heavy atom. The van der Waals surface area contributed by atoms with Gasteiger partial charge in [-0.25, -0.2) is 0 Å². The minimum absolute atomic E-state index is 0.118. The first-order valence-electron chi connectivity index (χ1n) is 10.3. The van der Waals surface area contributed by atoms with E-state index in [1.165, 1.54) is 4.90 Å². The fraction of sp³-hybridized carbons (Fsp3) is 0.435. The molecule has 0 amide bonds. The van der Waals surface area contributed by atoms with Gasteiger partial charge in [-0.1, -0.05) is 19.1 Å². The molecule has 0 spiro atoms. The summed E-state index contributed by atoms with van der Waals surface area (Å²) in [6, 6.07) is 15.2. The van der Waals surface area contributed by atoms with E-state index in [0.29, 0.717) is 24.3 Å². The van der Waals surface area contributed by atoms with Crippen molar-refractivity contribution in [3.63, 3.8) is 0 Å². The molecular weight excluding hydrogens is 368 g/mol. The van der Waals surface area contributed by atoms with Crippen LogP contribution in [0.4, 0.5) is 5.69 Å². The first kappa shape index (κ1) is 21.1. The van der Waals surface area contributed by atoms with E-state index in [-0.39, 0.29) is 12.4 Å². The first-order chi connectivity index (χ1) is 14.1. The van der Waals surface area contributed by atoms with Crippen molar-refractivity contribution in [1.29, 1.82) is 0 Å². The summed E-state index contributed by atoms with van der Waals surface area (Å²) in [7, 11) is 1.70. The van der Waals surface area contributed by atoms with Gasteiger partial charge in [0, 0.05) is 12.0 Å². The van der Waals surface area contributed by atoms with Crippen LogP contribution in [0, 0.1) is 0 Å². The van der Waals surface area contributed by atoms with Gasteiger partial charge in [0.1, 0.15) is 30.8 Å². The topological polar surface area (TPSA) is 63.4 Å². The Kier molecular flexibility index (Phi) is 7.49. The largest absolute Gasteiger partial charge is 0.495 e. The minimum Gasteiger partial charge on any atom is -0.495 e. The van der Waals surface area contributed by atoms with Crippen molar-refractivity contribution in [3.05, 3.63) is 54.1 Å². The molecule has 0 unspecified atom stereocenters. The molecule has 1 heterocycles. The van der Waals surface area contributed by atoms with Crippen molar-refractivity contribution < 1.29 is 24.3 Å². The maximum Gasteiger partial charge on any atom is 0.162 e. The zero-order valence-electron chi connectivity index (χ0n) is 17.3. The molecule has 156 valence electrons. The van der Waals surface area contributed by atoms with Crippen LogP contribution in [0.1, 0.15) is 23.7 Å². The summed E-state index contributed by atoms with van der Waals surface area (Å²) in [4.78, 5) is 15.4. The summed E-state index contributed by atoms with van der Waals surface area (Å²) >= 11 is 0. The molecule has 0 aromatic heterocycles. The molecule has 0 aliphatic carbocycles. The van der Waals surface area contributed by atoms with E-state index >= 15 is 0 Å². The number of quaternary nitrogens is 1. The number of piperazine rings is 1. The molecule has 0 bridgehead atoms. The highest BCUT2D eigenvalue weighted by Crippen LogP contribution is 2.27. The van der Waals surface area contributed by atoms with E-state index in [4.69, 9.17) is 9.47 Å². The number of carbonyl (C=O) groups is 1. The highest BCUT2D eigenvalue weighted by atomic mass is 16.5. The Morgan fingerprint density at radius 1 is 1.14 bits per heavy atom. The number of ether oxygens (including phenoxy) is 2. The Labute approximate surface area is 172 Å². The average Bonchev–Trinajstić information content (AvgIpc) is 2.78. The van der Waals surface area contributed by atoms with Gasteiger partial charge >= 0.3 is 0 Å². The van der Waals surface area contributed by atoms with Crippen LogP contribution >= 0.6 is 0 Å². The number of hydrogen-bond donors (Lipinski definition) is 2. The van der Waals surface area contributed by atoms with Crippen molar-refractivity contribution in [3.8, 4) is 11.5 Å². The van der Waals surface area contributed by atoms with Gasteiger partial charge in [-0.15, -0.1) is 0 Å². The van der Waals surface area contributed by atoms with Crippen LogP contribution in [-0.2, 0) is 0 Å². The molecule has 2 aromatic rings. The first-order valence-corrected chi connectivity index (χ1v) is 10.3. The maximum atomic E-state index is 11.7. The molecule has 1 fully saturated rings. The van der Waals surface area contributed by atoms with Gasteiger partial charge in [-0.3, -0.25) is 4.79 Å². The SMILES string of the molecule is CCC(=O)c1ccc(OC[C@@H](O)C[NH+]2CCN(c3ccccc3OC)CC2)cc1. The molecule has 0 saturated carbocycles. The Morgan fingerprint density at radius 3 is 2.48 bits per heavy atom. The lowest BCUT2D eigenvalue weighted by Crippen LogP contribution is -3.16. The van der Waals surface area contributed by atoms with Crippen LogP contribution in [-0.4, -0.2) is 63.4 Å². The average molecular weight is 400 g/mol. The third-order valence-corrected chi connectivity index (χ3v) is 5.36. The van der Waals surface area contributed by atoms with E-state index in [0.717, 1.165) is 37.6 Å². The van der Waals surface area contributed by atoms with E-state index in [2.05, 4.69) is 11.0 Å². The van der Waals surface area contributed by atoms with Crippen LogP contribution in [0.15, 0.2) is 48.5 Å². The second-order valence-corrected chi connectivity index (χ2v) is 7.38. The van der Waals surface area contributed by atoms with Crippen molar-refractivity contribution in [1.82, 2.24) is 0 Å². The Hall–Kier alpha value is -2.57. The van der Waals surface area contributed by atoms with Gasteiger partial charge in [0.25, 0.3) is 0 Å². The van der Waals surface area contributed by atoms with Crippen molar-refractivity contribution in [2.45, 2.75) is 19.4 Å². The normalized spacial score (nSPS) is 15.8. The standard InChI is InChI=1S/C23H30N2O4/c1-3-22(27)18-8-10-20(11-9-18)29-17-19(26)16-24-12-14-25(15-13-24)21-6-4-5-7-23(21)28-2/h4-11,19,26H,3,12-17H2,1-2H3/p+1/t19-/m0/s1. The molecule has 2 aromatic carbocycles.